The lowest BCUT2D eigenvalue weighted by atomic mass is 10.2. The number of sulfone groups is 2. The minimum atomic E-state index is -3.81. The van der Waals surface area contributed by atoms with Crippen LogP contribution < -0.4 is 0 Å². The van der Waals surface area contributed by atoms with Crippen LogP contribution in [0.15, 0.2) is 81.3 Å². The number of carbonyl (C=O) groups excluding carboxylic acids is 1. The molecule has 0 radical (unpaired) electrons. The summed E-state index contributed by atoms with van der Waals surface area (Å²) in [6, 6.07) is 12.5. The standard InChI is InChI=1S/C12H14N4O3S.C9H9N3O2S/c1-9-4-6-10(7-5-9)20(18,19)11-13-8-16(14-11)12(17)15(2)3;1-7-2-4-8(5-3-7)15(13,14)9-10-6-11-12-9/h4-8H,1-3H3;2-6H,1H3,(H,10,11,12). The van der Waals surface area contributed by atoms with Crippen molar-refractivity contribution in [2.45, 2.75) is 34.0 Å². The molecule has 14 heteroatoms. The summed E-state index contributed by atoms with van der Waals surface area (Å²) < 4.78 is 49.2. The zero-order chi connectivity index (χ0) is 25.8. The van der Waals surface area contributed by atoms with Gasteiger partial charge in [-0.05, 0) is 38.1 Å². The third-order valence-electron chi connectivity index (χ3n) is 4.60. The Bertz CT molecular complexity index is 1510. The summed E-state index contributed by atoms with van der Waals surface area (Å²) in [6.45, 7) is 3.75. The van der Waals surface area contributed by atoms with Crippen LogP contribution in [-0.2, 0) is 19.7 Å². The summed E-state index contributed by atoms with van der Waals surface area (Å²) >= 11 is 0. The molecule has 0 atom stereocenters. The van der Waals surface area contributed by atoms with Crippen LogP contribution in [0.1, 0.15) is 11.1 Å². The molecule has 12 nitrogen and oxygen atoms in total. The minimum absolute atomic E-state index is 0.0955. The Hall–Kier alpha value is -3.91. The lowest BCUT2D eigenvalue weighted by Gasteiger charge is -2.07. The number of amides is 1. The summed E-state index contributed by atoms with van der Waals surface area (Å²) in [5, 5.41) is 9.06. The van der Waals surface area contributed by atoms with Gasteiger partial charge in [-0.15, -0.1) is 5.10 Å². The molecule has 0 aliphatic rings. The lowest BCUT2D eigenvalue weighted by Crippen LogP contribution is -2.27. The number of aromatic nitrogens is 6. The lowest BCUT2D eigenvalue weighted by molar-refractivity contribution is 0.215. The molecule has 0 fully saturated rings. The van der Waals surface area contributed by atoms with Gasteiger partial charge in [0, 0.05) is 14.1 Å². The quantitative estimate of drug-likeness (QED) is 0.426. The molecule has 35 heavy (non-hydrogen) atoms. The Morgan fingerprint density at radius 3 is 1.80 bits per heavy atom. The van der Waals surface area contributed by atoms with Crippen LogP contribution in [0.5, 0.6) is 0 Å². The number of H-pyrrole nitrogens is 1. The summed E-state index contributed by atoms with van der Waals surface area (Å²) in [5.41, 5.74) is 1.96. The van der Waals surface area contributed by atoms with Gasteiger partial charge in [-0.3, -0.25) is 0 Å². The zero-order valence-corrected chi connectivity index (χ0v) is 20.9. The topological polar surface area (TPSA) is 161 Å². The molecule has 2 aromatic carbocycles. The van der Waals surface area contributed by atoms with E-state index in [4.69, 9.17) is 0 Å². The van der Waals surface area contributed by atoms with Crippen LogP contribution in [0, 0.1) is 13.8 Å². The molecule has 1 amide bonds. The van der Waals surface area contributed by atoms with E-state index in [1.165, 1.54) is 37.5 Å². The molecule has 4 rings (SSSR count). The van der Waals surface area contributed by atoms with E-state index < -0.39 is 30.9 Å². The van der Waals surface area contributed by atoms with Crippen molar-refractivity contribution in [2.75, 3.05) is 14.1 Å². The van der Waals surface area contributed by atoms with Gasteiger partial charge in [-0.1, -0.05) is 35.4 Å². The fraction of sp³-hybridized carbons (Fsp3) is 0.190. The number of rotatable bonds is 4. The van der Waals surface area contributed by atoms with Gasteiger partial charge >= 0.3 is 6.03 Å². The molecule has 2 aromatic heterocycles. The van der Waals surface area contributed by atoms with Gasteiger partial charge in [0.1, 0.15) is 12.7 Å². The number of aromatic amines is 1. The summed E-state index contributed by atoms with van der Waals surface area (Å²) in [7, 11) is -4.27. The van der Waals surface area contributed by atoms with Crippen LogP contribution >= 0.6 is 0 Å². The monoisotopic (exact) mass is 517 g/mol. The molecule has 0 aliphatic heterocycles. The molecule has 4 aromatic rings. The average molecular weight is 518 g/mol. The number of benzene rings is 2. The molecular formula is C21H23N7O5S2. The van der Waals surface area contributed by atoms with Crippen molar-refractivity contribution < 1.29 is 21.6 Å². The zero-order valence-electron chi connectivity index (χ0n) is 19.3. The van der Waals surface area contributed by atoms with E-state index in [1.54, 1.807) is 36.4 Å². The number of hydrogen-bond donors (Lipinski definition) is 1. The van der Waals surface area contributed by atoms with Gasteiger partial charge in [0.15, 0.2) is 0 Å². The van der Waals surface area contributed by atoms with Gasteiger partial charge in [0.05, 0.1) is 9.79 Å². The highest BCUT2D eigenvalue weighted by Crippen LogP contribution is 2.18. The first-order valence-electron chi connectivity index (χ1n) is 10.0. The van der Waals surface area contributed by atoms with Gasteiger partial charge in [0.2, 0.25) is 24.8 Å². The number of nitrogens with zero attached hydrogens (tertiary/aromatic N) is 6. The maximum Gasteiger partial charge on any atom is 0.345 e. The summed E-state index contributed by atoms with van der Waals surface area (Å²) in [5.74, 6) is 0. The highest BCUT2D eigenvalue weighted by Gasteiger charge is 2.24. The second kappa shape index (κ2) is 10.1. The molecule has 1 N–H and O–H groups in total. The Morgan fingerprint density at radius 2 is 1.34 bits per heavy atom. The predicted octanol–water partition coefficient (Wildman–Crippen LogP) is 1.89. The highest BCUT2D eigenvalue weighted by molar-refractivity contribution is 7.91. The Labute approximate surface area is 202 Å². The Balaban J connectivity index is 0.000000203. The SMILES string of the molecule is Cc1ccc(S(=O)(=O)c2ncn(C(=O)N(C)C)n2)cc1.Cc1ccc(S(=O)(=O)c2ncn[nH]2)cc1. The summed E-state index contributed by atoms with van der Waals surface area (Å²) in [4.78, 5) is 20.6. The number of hydrogen-bond acceptors (Lipinski definition) is 9. The van der Waals surface area contributed by atoms with E-state index in [0.717, 1.165) is 22.1 Å². The first-order valence-corrected chi connectivity index (χ1v) is 13.0. The number of nitrogens with one attached hydrogen (secondary N) is 1. The van der Waals surface area contributed by atoms with Gasteiger partial charge in [-0.25, -0.2) is 36.7 Å². The van der Waals surface area contributed by atoms with Gasteiger partial charge in [-0.2, -0.15) is 9.78 Å². The molecule has 0 aliphatic carbocycles. The second-order valence-corrected chi connectivity index (χ2v) is 11.3. The fourth-order valence-electron chi connectivity index (χ4n) is 2.64. The van der Waals surface area contributed by atoms with Crippen LogP contribution in [0.2, 0.25) is 0 Å². The normalized spacial score (nSPS) is 11.4. The van der Waals surface area contributed by atoms with E-state index in [2.05, 4.69) is 25.3 Å². The summed E-state index contributed by atoms with van der Waals surface area (Å²) in [6.07, 6.45) is 2.25. The van der Waals surface area contributed by atoms with Crippen molar-refractivity contribution in [1.82, 2.24) is 34.8 Å². The molecule has 0 saturated heterocycles. The van der Waals surface area contributed by atoms with Crippen molar-refractivity contribution >= 4 is 25.7 Å². The second-order valence-electron chi connectivity index (χ2n) is 7.57. The van der Waals surface area contributed by atoms with Crippen molar-refractivity contribution in [1.29, 1.82) is 0 Å². The maximum absolute atomic E-state index is 12.3. The molecule has 184 valence electrons. The molecular weight excluding hydrogens is 494 g/mol. The largest absolute Gasteiger partial charge is 0.345 e. The van der Waals surface area contributed by atoms with Crippen LogP contribution in [0.4, 0.5) is 4.79 Å². The van der Waals surface area contributed by atoms with E-state index >= 15 is 0 Å². The Kier molecular flexibility index (Phi) is 7.45. The number of aryl methyl sites for hydroxylation is 2. The predicted molar refractivity (Wildman–Crippen MR) is 124 cm³/mol. The average Bonchev–Trinajstić information content (AvgIpc) is 3.53. The third kappa shape index (κ3) is 5.78. The van der Waals surface area contributed by atoms with Crippen LogP contribution in [0.25, 0.3) is 0 Å². The molecule has 0 unspecified atom stereocenters. The minimum Gasteiger partial charge on any atom is -0.329 e. The van der Waals surface area contributed by atoms with Crippen LogP contribution in [0.3, 0.4) is 0 Å². The van der Waals surface area contributed by atoms with Crippen molar-refractivity contribution in [3.8, 4) is 0 Å². The van der Waals surface area contributed by atoms with Crippen LogP contribution in [-0.4, -0.2) is 71.8 Å². The first-order chi connectivity index (χ1) is 16.4. The molecule has 0 bridgehead atoms. The molecule has 2 heterocycles. The molecule has 0 spiro atoms. The third-order valence-corrected chi connectivity index (χ3v) is 7.76. The fourth-order valence-corrected chi connectivity index (χ4v) is 4.81. The van der Waals surface area contributed by atoms with Crippen molar-refractivity contribution in [3.05, 3.63) is 72.3 Å². The van der Waals surface area contributed by atoms with E-state index in [1.807, 2.05) is 13.8 Å². The van der Waals surface area contributed by atoms with E-state index in [0.29, 0.717) is 0 Å². The van der Waals surface area contributed by atoms with E-state index in [-0.39, 0.29) is 14.9 Å². The van der Waals surface area contributed by atoms with Crippen molar-refractivity contribution in [2.24, 2.45) is 0 Å². The molecule has 0 saturated carbocycles. The van der Waals surface area contributed by atoms with E-state index in [9.17, 15) is 21.6 Å². The Morgan fingerprint density at radius 1 is 0.829 bits per heavy atom. The first kappa shape index (κ1) is 25.7. The van der Waals surface area contributed by atoms with Crippen molar-refractivity contribution in [3.63, 3.8) is 0 Å². The highest BCUT2D eigenvalue weighted by atomic mass is 32.2. The van der Waals surface area contributed by atoms with Gasteiger partial charge in [0.25, 0.3) is 5.16 Å². The number of carbonyl (C=O) groups is 1. The smallest absolute Gasteiger partial charge is 0.329 e. The maximum atomic E-state index is 12.3. The van der Waals surface area contributed by atoms with Gasteiger partial charge < -0.3 is 4.90 Å².